The van der Waals surface area contributed by atoms with Gasteiger partial charge in [-0.25, -0.2) is 0 Å². The van der Waals surface area contributed by atoms with Gasteiger partial charge >= 0.3 is 0 Å². The molecule has 0 aliphatic rings. The fraction of sp³-hybridized carbons (Fsp3) is 0.500. The quantitative estimate of drug-likeness (QED) is 0.769. The Morgan fingerprint density at radius 3 is 2.84 bits per heavy atom. The summed E-state index contributed by atoms with van der Waals surface area (Å²) in [6.45, 7) is 7.54. The number of hydrogen-bond donors (Lipinski definition) is 2. The molecule has 0 aliphatic heterocycles. The van der Waals surface area contributed by atoms with Crippen molar-refractivity contribution in [2.24, 2.45) is 0 Å². The second kappa shape index (κ2) is 8.70. The van der Waals surface area contributed by atoms with E-state index in [0.29, 0.717) is 12.1 Å². The van der Waals surface area contributed by atoms with Gasteiger partial charge in [-0.15, -0.1) is 11.3 Å². The van der Waals surface area contributed by atoms with E-state index in [1.807, 2.05) is 0 Å². The van der Waals surface area contributed by atoms with Crippen molar-refractivity contribution in [3.8, 4) is 11.8 Å². The maximum atomic E-state index is 11.9. The van der Waals surface area contributed by atoms with Gasteiger partial charge in [0.1, 0.15) is 6.61 Å². The maximum Gasteiger partial charge on any atom is 0.252 e. The van der Waals surface area contributed by atoms with Gasteiger partial charge in [-0.05, 0) is 19.2 Å². The number of aliphatic hydroxyl groups excluding tert-OH is 1. The van der Waals surface area contributed by atoms with Crippen molar-refractivity contribution in [3.63, 3.8) is 0 Å². The Bertz CT molecular complexity index is 456. The number of rotatable bonds is 6. The summed E-state index contributed by atoms with van der Waals surface area (Å²) in [4.78, 5) is 14.9. The van der Waals surface area contributed by atoms with Crippen molar-refractivity contribution in [2.45, 2.75) is 13.8 Å². The van der Waals surface area contributed by atoms with Crippen molar-refractivity contribution in [1.82, 2.24) is 10.2 Å². The third kappa shape index (κ3) is 5.43. The first-order chi connectivity index (χ1) is 9.21. The highest BCUT2D eigenvalue weighted by atomic mass is 32.1. The molecule has 0 saturated heterocycles. The molecule has 1 rings (SSSR count). The van der Waals surface area contributed by atoms with Crippen molar-refractivity contribution in [3.05, 3.63) is 21.9 Å². The second-order valence-corrected chi connectivity index (χ2v) is 4.85. The molecule has 0 atom stereocenters. The zero-order chi connectivity index (χ0) is 14.1. The number of carbonyl (C=O) groups is 1. The standard InChI is InChI=1S/C14H20N2O2S/c1-3-16(4-2)8-7-15-14(18)12-10-13(19-11-12)6-5-9-17/h10-11,17H,3-4,7-9H2,1-2H3,(H,15,18). The Labute approximate surface area is 118 Å². The van der Waals surface area contributed by atoms with Gasteiger partial charge in [-0.2, -0.15) is 0 Å². The van der Waals surface area contributed by atoms with Gasteiger partial charge in [0.2, 0.25) is 0 Å². The third-order valence-electron chi connectivity index (χ3n) is 2.76. The molecule has 0 fully saturated rings. The predicted molar refractivity (Wildman–Crippen MR) is 78.4 cm³/mol. The van der Waals surface area contributed by atoms with Gasteiger partial charge in [-0.3, -0.25) is 4.79 Å². The van der Waals surface area contributed by atoms with Gasteiger partial charge < -0.3 is 15.3 Å². The third-order valence-corrected chi connectivity index (χ3v) is 3.61. The van der Waals surface area contributed by atoms with E-state index in [1.54, 1.807) is 11.4 Å². The predicted octanol–water partition coefficient (Wildman–Crippen LogP) is 1.16. The number of aliphatic hydroxyl groups is 1. The smallest absolute Gasteiger partial charge is 0.252 e. The van der Waals surface area contributed by atoms with Crippen LogP contribution in [0, 0.1) is 11.8 Å². The number of thiophene rings is 1. The molecule has 4 nitrogen and oxygen atoms in total. The minimum absolute atomic E-state index is 0.0690. The average molecular weight is 280 g/mol. The SMILES string of the molecule is CCN(CC)CCNC(=O)c1csc(C#CCO)c1. The highest BCUT2D eigenvalue weighted by molar-refractivity contribution is 7.10. The van der Waals surface area contributed by atoms with Crippen LogP contribution in [-0.4, -0.2) is 48.7 Å². The number of carbonyl (C=O) groups excluding carboxylic acids is 1. The molecule has 5 heteroatoms. The number of likely N-dealkylation sites (N-methyl/N-ethyl adjacent to an activating group) is 1. The van der Waals surface area contributed by atoms with Gasteiger partial charge in [-0.1, -0.05) is 25.7 Å². The van der Waals surface area contributed by atoms with E-state index in [2.05, 4.69) is 35.9 Å². The van der Waals surface area contributed by atoms with E-state index in [-0.39, 0.29) is 12.5 Å². The Kier molecular flexibility index (Phi) is 7.19. The van der Waals surface area contributed by atoms with Crippen LogP contribution < -0.4 is 5.32 Å². The van der Waals surface area contributed by atoms with E-state index < -0.39 is 0 Å². The summed E-state index contributed by atoms with van der Waals surface area (Å²) in [5, 5.41) is 13.3. The van der Waals surface area contributed by atoms with Crippen LogP contribution in [0.15, 0.2) is 11.4 Å². The molecule has 1 aromatic rings. The largest absolute Gasteiger partial charge is 0.384 e. The zero-order valence-corrected chi connectivity index (χ0v) is 12.2. The molecule has 0 saturated carbocycles. The van der Waals surface area contributed by atoms with Gasteiger partial charge in [0, 0.05) is 18.5 Å². The highest BCUT2D eigenvalue weighted by Crippen LogP contribution is 2.13. The molecule has 2 N–H and O–H groups in total. The van der Waals surface area contributed by atoms with E-state index in [1.165, 1.54) is 11.3 Å². The summed E-state index contributed by atoms with van der Waals surface area (Å²) in [5.74, 6) is 5.29. The molecule has 0 spiro atoms. The van der Waals surface area contributed by atoms with Crippen LogP contribution in [0.4, 0.5) is 0 Å². The van der Waals surface area contributed by atoms with E-state index in [0.717, 1.165) is 24.5 Å². The maximum absolute atomic E-state index is 11.9. The number of nitrogens with one attached hydrogen (secondary N) is 1. The van der Waals surface area contributed by atoms with Crippen LogP contribution in [0.25, 0.3) is 0 Å². The summed E-state index contributed by atoms with van der Waals surface area (Å²) in [6, 6.07) is 1.75. The molecule has 0 aromatic carbocycles. The molecule has 0 unspecified atom stereocenters. The fourth-order valence-corrected chi connectivity index (χ4v) is 2.37. The molecule has 0 aliphatic carbocycles. The van der Waals surface area contributed by atoms with Crippen molar-refractivity contribution in [1.29, 1.82) is 0 Å². The van der Waals surface area contributed by atoms with Gasteiger partial charge in [0.25, 0.3) is 5.91 Å². The monoisotopic (exact) mass is 280 g/mol. The molecule has 1 heterocycles. The van der Waals surface area contributed by atoms with Crippen LogP contribution in [0.5, 0.6) is 0 Å². The molecule has 19 heavy (non-hydrogen) atoms. The molecular weight excluding hydrogens is 260 g/mol. The first-order valence-electron chi connectivity index (χ1n) is 6.40. The Hall–Kier alpha value is -1.35. The highest BCUT2D eigenvalue weighted by Gasteiger charge is 2.08. The summed E-state index contributed by atoms with van der Waals surface area (Å²) < 4.78 is 0. The molecule has 1 amide bonds. The average Bonchev–Trinajstić information content (AvgIpc) is 2.90. The number of nitrogens with zero attached hydrogens (tertiary/aromatic N) is 1. The molecule has 1 aromatic heterocycles. The van der Waals surface area contributed by atoms with Crippen LogP contribution >= 0.6 is 11.3 Å². The minimum atomic E-state index is -0.163. The lowest BCUT2D eigenvalue weighted by Gasteiger charge is -2.17. The summed E-state index contributed by atoms with van der Waals surface area (Å²) in [7, 11) is 0. The molecule has 0 bridgehead atoms. The lowest BCUT2D eigenvalue weighted by Crippen LogP contribution is -2.34. The van der Waals surface area contributed by atoms with E-state index in [4.69, 9.17) is 5.11 Å². The van der Waals surface area contributed by atoms with Crippen molar-refractivity contribution in [2.75, 3.05) is 32.8 Å². The normalized spacial score (nSPS) is 10.1. The Morgan fingerprint density at radius 2 is 2.21 bits per heavy atom. The second-order valence-electron chi connectivity index (χ2n) is 3.94. The van der Waals surface area contributed by atoms with Crippen molar-refractivity contribution < 1.29 is 9.90 Å². The Balaban J connectivity index is 2.43. The lowest BCUT2D eigenvalue weighted by atomic mass is 10.3. The van der Waals surface area contributed by atoms with Crippen LogP contribution in [0.2, 0.25) is 0 Å². The molecular formula is C14H20N2O2S. The minimum Gasteiger partial charge on any atom is -0.384 e. The molecule has 104 valence electrons. The van der Waals surface area contributed by atoms with Crippen LogP contribution in [0.3, 0.4) is 0 Å². The molecule has 0 radical (unpaired) electrons. The number of amides is 1. The first kappa shape index (κ1) is 15.7. The van der Waals surface area contributed by atoms with Gasteiger partial charge in [0.15, 0.2) is 0 Å². The summed E-state index contributed by atoms with van der Waals surface area (Å²) in [5.41, 5.74) is 0.631. The Morgan fingerprint density at radius 1 is 1.47 bits per heavy atom. The van der Waals surface area contributed by atoms with Crippen LogP contribution in [-0.2, 0) is 0 Å². The lowest BCUT2D eigenvalue weighted by molar-refractivity contribution is 0.0949. The van der Waals surface area contributed by atoms with E-state index in [9.17, 15) is 4.79 Å². The zero-order valence-electron chi connectivity index (χ0n) is 11.4. The van der Waals surface area contributed by atoms with Crippen LogP contribution in [0.1, 0.15) is 29.1 Å². The van der Waals surface area contributed by atoms with E-state index >= 15 is 0 Å². The topological polar surface area (TPSA) is 52.6 Å². The van der Waals surface area contributed by atoms with Crippen molar-refractivity contribution >= 4 is 17.2 Å². The first-order valence-corrected chi connectivity index (χ1v) is 7.28. The summed E-state index contributed by atoms with van der Waals surface area (Å²) in [6.07, 6.45) is 0. The number of hydrogen-bond acceptors (Lipinski definition) is 4. The van der Waals surface area contributed by atoms with Gasteiger partial charge in [0.05, 0.1) is 10.4 Å². The fourth-order valence-electron chi connectivity index (χ4n) is 1.62. The summed E-state index contributed by atoms with van der Waals surface area (Å²) >= 11 is 1.41.